The van der Waals surface area contributed by atoms with E-state index in [0.717, 1.165) is 12.8 Å². The molecule has 2 saturated heterocycles. The van der Waals surface area contributed by atoms with Gasteiger partial charge in [-0.3, -0.25) is 4.79 Å². The van der Waals surface area contributed by atoms with Crippen molar-refractivity contribution in [2.75, 3.05) is 39.4 Å². The van der Waals surface area contributed by atoms with Crippen LogP contribution in [0.15, 0.2) is 0 Å². The lowest BCUT2D eigenvalue weighted by atomic mass is 9.97. The molecule has 9 nitrogen and oxygen atoms in total. The lowest BCUT2D eigenvalue weighted by Gasteiger charge is -2.32. The topological polar surface area (TPSA) is 106 Å². The van der Waals surface area contributed by atoms with E-state index in [9.17, 15) is 14.4 Å². The number of hydrogen-bond donors (Lipinski definition) is 1. The average molecular weight is 473 g/mol. The van der Waals surface area contributed by atoms with Gasteiger partial charge in [-0.05, 0) is 80.1 Å². The van der Waals surface area contributed by atoms with Crippen LogP contribution in [0.5, 0.6) is 0 Å². The second-order valence-electron chi connectivity index (χ2n) is 10.6. The van der Waals surface area contributed by atoms with E-state index in [0.29, 0.717) is 51.5 Å². The van der Waals surface area contributed by atoms with Gasteiger partial charge >= 0.3 is 18.2 Å². The van der Waals surface area contributed by atoms with Gasteiger partial charge in [-0.2, -0.15) is 0 Å². The number of aliphatic hydroxyl groups is 1. The van der Waals surface area contributed by atoms with E-state index >= 15 is 0 Å². The summed E-state index contributed by atoms with van der Waals surface area (Å²) in [5, 5.41) is 8.97. The fourth-order valence-electron chi connectivity index (χ4n) is 3.51. The first-order valence-electron chi connectivity index (χ1n) is 12.0. The molecule has 0 aromatic heterocycles. The van der Waals surface area contributed by atoms with E-state index in [1.807, 2.05) is 41.5 Å². The molecule has 0 atom stereocenters. The van der Waals surface area contributed by atoms with Gasteiger partial charge in [-0.25, -0.2) is 9.59 Å². The number of hydrogen-bond acceptors (Lipinski definition) is 7. The molecule has 0 aromatic carbocycles. The zero-order chi connectivity index (χ0) is 25.2. The maximum Gasteiger partial charge on any atom is 0.410 e. The monoisotopic (exact) mass is 472 g/mol. The van der Waals surface area contributed by atoms with Crippen molar-refractivity contribution in [2.24, 2.45) is 11.8 Å². The van der Waals surface area contributed by atoms with E-state index in [2.05, 4.69) is 0 Å². The molecule has 9 heteroatoms. The van der Waals surface area contributed by atoms with Crippen LogP contribution in [0.2, 0.25) is 0 Å². The van der Waals surface area contributed by atoms with Crippen molar-refractivity contribution in [3.8, 4) is 0 Å². The van der Waals surface area contributed by atoms with Crippen LogP contribution in [0.4, 0.5) is 9.59 Å². The minimum absolute atomic E-state index is 0.0800. The van der Waals surface area contributed by atoms with Crippen molar-refractivity contribution in [3.63, 3.8) is 0 Å². The third-order valence-corrected chi connectivity index (χ3v) is 5.29. The van der Waals surface area contributed by atoms with Crippen molar-refractivity contribution in [1.82, 2.24) is 9.80 Å². The SMILES string of the molecule is CC(C)(C)OC(=O)N1CCC(CO)CC1.CCOC(=O)C1CCN(C(=O)OC(C)(C)C)CC1. The maximum absolute atomic E-state index is 11.8. The van der Waals surface area contributed by atoms with Crippen LogP contribution in [-0.4, -0.2) is 83.7 Å². The van der Waals surface area contributed by atoms with Gasteiger partial charge in [0, 0.05) is 32.8 Å². The Morgan fingerprint density at radius 3 is 1.52 bits per heavy atom. The molecule has 2 aliphatic rings. The Kier molecular flexibility index (Phi) is 11.4. The lowest BCUT2D eigenvalue weighted by molar-refractivity contribution is -0.149. The van der Waals surface area contributed by atoms with Crippen LogP contribution in [-0.2, 0) is 19.0 Å². The molecule has 2 amide bonds. The predicted octanol–water partition coefficient (Wildman–Crippen LogP) is 3.82. The summed E-state index contributed by atoms with van der Waals surface area (Å²) in [5.41, 5.74) is -0.903. The molecule has 192 valence electrons. The summed E-state index contributed by atoms with van der Waals surface area (Å²) in [6.07, 6.45) is 2.51. The first-order valence-corrected chi connectivity index (χ1v) is 12.0. The zero-order valence-electron chi connectivity index (χ0n) is 21.5. The van der Waals surface area contributed by atoms with E-state index in [1.165, 1.54) is 0 Å². The fourth-order valence-corrected chi connectivity index (χ4v) is 3.51. The summed E-state index contributed by atoms with van der Waals surface area (Å²) in [6.45, 7) is 16.1. The lowest BCUT2D eigenvalue weighted by Crippen LogP contribution is -2.43. The van der Waals surface area contributed by atoms with Gasteiger partial charge < -0.3 is 29.1 Å². The Bertz CT molecular complexity index is 624. The van der Waals surface area contributed by atoms with Crippen LogP contribution < -0.4 is 0 Å². The zero-order valence-corrected chi connectivity index (χ0v) is 21.5. The van der Waals surface area contributed by atoms with E-state index in [1.54, 1.807) is 16.7 Å². The summed E-state index contributed by atoms with van der Waals surface area (Å²) in [6, 6.07) is 0. The highest BCUT2D eigenvalue weighted by Crippen LogP contribution is 2.21. The molecule has 33 heavy (non-hydrogen) atoms. The number of nitrogens with zero attached hydrogens (tertiary/aromatic N) is 2. The molecular formula is C24H44N2O7. The van der Waals surface area contributed by atoms with Crippen LogP contribution in [0.3, 0.4) is 0 Å². The molecule has 2 fully saturated rings. The number of esters is 1. The van der Waals surface area contributed by atoms with Crippen molar-refractivity contribution in [2.45, 2.75) is 85.4 Å². The maximum atomic E-state index is 11.8. The third-order valence-electron chi connectivity index (χ3n) is 5.29. The minimum atomic E-state index is -0.477. The normalized spacial score (nSPS) is 18.2. The summed E-state index contributed by atoms with van der Waals surface area (Å²) in [7, 11) is 0. The summed E-state index contributed by atoms with van der Waals surface area (Å²) < 4.78 is 15.5. The van der Waals surface area contributed by atoms with Crippen LogP contribution in [0, 0.1) is 11.8 Å². The summed E-state index contributed by atoms with van der Waals surface area (Å²) >= 11 is 0. The predicted molar refractivity (Wildman–Crippen MR) is 125 cm³/mol. The number of aliphatic hydroxyl groups excluding tert-OH is 1. The Balaban J connectivity index is 0.000000335. The molecule has 0 bridgehead atoms. The van der Waals surface area contributed by atoms with Crippen LogP contribution in [0.1, 0.15) is 74.1 Å². The number of rotatable bonds is 3. The quantitative estimate of drug-likeness (QED) is 0.492. The number of piperidine rings is 2. The third kappa shape index (κ3) is 11.6. The molecule has 2 heterocycles. The first kappa shape index (κ1) is 29.0. The standard InChI is InChI=1S/C13H23NO4.C11H21NO3/c1-5-17-11(15)10-6-8-14(9-7-10)12(16)18-13(2,3)4;1-11(2,3)15-10(14)12-6-4-9(8-13)5-7-12/h10H,5-9H2,1-4H3;9,13H,4-8H2,1-3H3. The molecule has 1 N–H and O–H groups in total. The molecule has 0 aromatic rings. The molecule has 0 saturated carbocycles. The van der Waals surface area contributed by atoms with Crippen molar-refractivity contribution < 1.29 is 33.7 Å². The van der Waals surface area contributed by atoms with Crippen molar-refractivity contribution in [3.05, 3.63) is 0 Å². The van der Waals surface area contributed by atoms with Crippen LogP contribution >= 0.6 is 0 Å². The molecule has 0 aliphatic carbocycles. The highest BCUT2D eigenvalue weighted by Gasteiger charge is 2.30. The Morgan fingerprint density at radius 2 is 1.18 bits per heavy atom. The minimum Gasteiger partial charge on any atom is -0.466 e. The number of ether oxygens (including phenoxy) is 3. The first-order chi connectivity index (χ1) is 15.3. The highest BCUT2D eigenvalue weighted by molar-refractivity contribution is 5.73. The fraction of sp³-hybridized carbons (Fsp3) is 0.875. The number of likely N-dealkylation sites (tertiary alicyclic amines) is 2. The highest BCUT2D eigenvalue weighted by atomic mass is 16.6. The Hall–Kier alpha value is -2.03. The van der Waals surface area contributed by atoms with Gasteiger partial charge in [0.05, 0.1) is 12.5 Å². The molecular weight excluding hydrogens is 428 g/mol. The Labute approximate surface area is 198 Å². The van der Waals surface area contributed by atoms with E-state index < -0.39 is 11.2 Å². The molecule has 2 rings (SSSR count). The smallest absolute Gasteiger partial charge is 0.410 e. The molecule has 2 aliphatic heterocycles. The average Bonchev–Trinajstić information content (AvgIpc) is 2.72. The largest absolute Gasteiger partial charge is 0.466 e. The van der Waals surface area contributed by atoms with Crippen molar-refractivity contribution >= 4 is 18.2 Å². The van der Waals surface area contributed by atoms with Gasteiger partial charge in [0.15, 0.2) is 0 Å². The van der Waals surface area contributed by atoms with E-state index in [4.69, 9.17) is 19.3 Å². The second-order valence-corrected chi connectivity index (χ2v) is 10.6. The summed E-state index contributed by atoms with van der Waals surface area (Å²) in [4.78, 5) is 38.4. The molecule has 0 radical (unpaired) electrons. The van der Waals surface area contributed by atoms with Gasteiger partial charge in [-0.1, -0.05) is 0 Å². The number of carbonyl (C=O) groups is 3. The van der Waals surface area contributed by atoms with Gasteiger partial charge in [0.2, 0.25) is 0 Å². The van der Waals surface area contributed by atoms with Gasteiger partial charge in [0.25, 0.3) is 0 Å². The Morgan fingerprint density at radius 1 is 0.788 bits per heavy atom. The second kappa shape index (κ2) is 13.0. The van der Waals surface area contributed by atoms with E-state index in [-0.39, 0.29) is 30.7 Å². The molecule has 0 spiro atoms. The van der Waals surface area contributed by atoms with Gasteiger partial charge in [-0.15, -0.1) is 0 Å². The summed E-state index contributed by atoms with van der Waals surface area (Å²) in [5.74, 6) is 0.119. The van der Waals surface area contributed by atoms with Crippen molar-refractivity contribution in [1.29, 1.82) is 0 Å². The number of carbonyl (C=O) groups excluding carboxylic acids is 3. The molecule has 0 unspecified atom stereocenters. The number of amides is 2. The van der Waals surface area contributed by atoms with Crippen LogP contribution in [0.25, 0.3) is 0 Å². The van der Waals surface area contributed by atoms with Gasteiger partial charge in [0.1, 0.15) is 11.2 Å².